The Morgan fingerprint density at radius 1 is 0.316 bits per heavy atom. The van der Waals surface area contributed by atoms with Crippen LogP contribution in [0.5, 0.6) is 0 Å². The van der Waals surface area contributed by atoms with Gasteiger partial charge in [0.25, 0.3) is 0 Å². The van der Waals surface area contributed by atoms with Crippen molar-refractivity contribution in [2.24, 2.45) is 0 Å². The Balaban J connectivity index is 1.25. The van der Waals surface area contributed by atoms with Crippen LogP contribution in [0.25, 0.3) is 67.5 Å². The Morgan fingerprint density at radius 3 is 1.44 bits per heavy atom. The summed E-state index contributed by atoms with van der Waals surface area (Å²) in [4.78, 5) is 16.0. The first-order chi connectivity index (χ1) is 28.1. The maximum absolute atomic E-state index is 5.45. The summed E-state index contributed by atoms with van der Waals surface area (Å²) in [5, 5.41) is 5.48. The number of hydrogen-bond donors (Lipinski definition) is 0. The third-order valence-corrected chi connectivity index (χ3v) is 16.3. The normalized spacial score (nSPS) is 12.5. The average molecular weight is 746 g/mol. The lowest BCUT2D eigenvalue weighted by Gasteiger charge is -2.31. The zero-order chi connectivity index (χ0) is 38.3. The average Bonchev–Trinajstić information content (AvgIpc) is 3.58. The van der Waals surface area contributed by atoms with E-state index in [9.17, 15) is 0 Å². The van der Waals surface area contributed by atoms with E-state index in [0.29, 0.717) is 17.5 Å². The van der Waals surface area contributed by atoms with E-state index in [-0.39, 0.29) is 0 Å². The van der Waals surface area contributed by atoms with Crippen LogP contribution in [-0.2, 0) is 0 Å². The molecule has 0 unspecified atom stereocenters. The molecule has 1 aromatic heterocycles. The summed E-state index contributed by atoms with van der Waals surface area (Å²) >= 11 is 0. The minimum Gasteiger partial charge on any atom is -0.208 e. The molecule has 0 spiro atoms. The van der Waals surface area contributed by atoms with Crippen LogP contribution < -0.4 is 20.7 Å². The Kier molecular flexibility index (Phi) is 8.62. The van der Waals surface area contributed by atoms with Gasteiger partial charge >= 0.3 is 0 Å². The van der Waals surface area contributed by atoms with Crippen molar-refractivity contribution < 1.29 is 0 Å². The molecule has 0 amide bonds. The van der Waals surface area contributed by atoms with Crippen molar-refractivity contribution in [2.45, 2.75) is 13.8 Å². The van der Waals surface area contributed by atoms with Crippen molar-refractivity contribution in [3.8, 4) is 67.5 Å². The molecule has 270 valence electrons. The Bertz CT molecular complexity index is 2840. The topological polar surface area (TPSA) is 38.7 Å². The maximum Gasteiger partial charge on any atom is 0.180 e. The molecule has 2 heterocycles. The zero-order valence-electron chi connectivity index (χ0n) is 31.9. The van der Waals surface area contributed by atoms with Crippen LogP contribution in [0.1, 0.15) is 11.1 Å². The summed E-state index contributed by atoms with van der Waals surface area (Å²) < 4.78 is 0. The largest absolute Gasteiger partial charge is 0.208 e. The third kappa shape index (κ3) is 5.94. The van der Waals surface area contributed by atoms with Crippen molar-refractivity contribution in [3.63, 3.8) is 0 Å². The van der Waals surface area contributed by atoms with Gasteiger partial charge in [-0.2, -0.15) is 0 Å². The lowest BCUT2D eigenvalue weighted by atomic mass is 9.94. The molecule has 9 aromatic rings. The quantitative estimate of drug-likeness (QED) is 0.153. The monoisotopic (exact) mass is 745 g/mol. The fourth-order valence-corrected chi connectivity index (χ4v) is 13.8. The number of rotatable bonds is 7. The molecule has 0 fully saturated rings. The van der Waals surface area contributed by atoms with Gasteiger partial charge in [-0.3, -0.25) is 0 Å². The summed E-state index contributed by atoms with van der Waals surface area (Å²) in [7, 11) is -2.75. The summed E-state index contributed by atoms with van der Waals surface area (Å²) in [6, 6.07) is 72.3. The molecule has 0 bridgehead atoms. The number of nitrogens with zero attached hydrogens (tertiary/aromatic N) is 3. The summed E-state index contributed by atoms with van der Waals surface area (Å²) in [5.41, 5.74) is 12.4. The predicted molar refractivity (Wildman–Crippen MR) is 239 cm³/mol. The van der Waals surface area contributed by atoms with E-state index >= 15 is 0 Å². The lowest BCUT2D eigenvalue weighted by Crippen LogP contribution is -2.72. The molecule has 0 N–H and O–H groups in total. The second-order valence-electron chi connectivity index (χ2n) is 14.9. The van der Waals surface area contributed by atoms with Crippen LogP contribution in [0.15, 0.2) is 200 Å². The zero-order valence-corrected chi connectivity index (χ0v) is 32.9. The van der Waals surface area contributed by atoms with Crippen LogP contribution in [0, 0.1) is 13.8 Å². The second kappa shape index (κ2) is 14.2. The Labute approximate surface area is 335 Å². The molecule has 3 nitrogen and oxygen atoms in total. The Hall–Kier alpha value is -7.01. The van der Waals surface area contributed by atoms with E-state index in [1.807, 2.05) is 18.2 Å². The third-order valence-electron chi connectivity index (χ3n) is 11.4. The van der Waals surface area contributed by atoms with E-state index in [2.05, 4.69) is 196 Å². The first-order valence-corrected chi connectivity index (χ1v) is 21.5. The van der Waals surface area contributed by atoms with Crippen molar-refractivity contribution in [3.05, 3.63) is 211 Å². The van der Waals surface area contributed by atoms with E-state index in [1.54, 1.807) is 0 Å². The highest BCUT2D eigenvalue weighted by molar-refractivity contribution is 7.22. The van der Waals surface area contributed by atoms with Gasteiger partial charge in [0.2, 0.25) is 0 Å². The summed E-state index contributed by atoms with van der Waals surface area (Å²) in [6.07, 6.45) is 0. The smallest absolute Gasteiger partial charge is 0.180 e. The number of aryl methyl sites for hydroxylation is 2. The van der Waals surface area contributed by atoms with Gasteiger partial charge in [-0.05, 0) is 80.1 Å². The standard InChI is InChI=1S/C53H39N3Si/c1-36-25-30-42(31-26-36)57(43-32-27-37(2)28-33-43)48-23-13-12-21-45(48)50-46(22-14-24-49(50)57)53-55-51(40-19-10-5-11-20-40)54-52(56-53)44-34-29-41(38-15-6-3-7-16-38)35-47(44)39-17-8-4-9-18-39/h3-35H,1-2H3. The van der Waals surface area contributed by atoms with Gasteiger partial charge < -0.3 is 0 Å². The molecule has 1 aliphatic rings. The first-order valence-electron chi connectivity index (χ1n) is 19.5. The minimum atomic E-state index is -2.75. The van der Waals surface area contributed by atoms with Gasteiger partial charge in [0.05, 0.1) is 0 Å². The lowest BCUT2D eigenvalue weighted by molar-refractivity contribution is 1.08. The highest BCUT2D eigenvalue weighted by atomic mass is 28.3. The fourth-order valence-electron chi connectivity index (χ4n) is 8.65. The molecule has 0 saturated carbocycles. The van der Waals surface area contributed by atoms with Gasteiger partial charge in [0, 0.05) is 16.7 Å². The molecule has 1 aliphatic heterocycles. The van der Waals surface area contributed by atoms with Gasteiger partial charge in [0.1, 0.15) is 0 Å². The molecule has 57 heavy (non-hydrogen) atoms. The van der Waals surface area contributed by atoms with Gasteiger partial charge in [0.15, 0.2) is 25.5 Å². The first kappa shape index (κ1) is 34.5. The molecule has 0 radical (unpaired) electrons. The number of hydrogen-bond acceptors (Lipinski definition) is 3. The Morgan fingerprint density at radius 2 is 0.807 bits per heavy atom. The maximum atomic E-state index is 5.45. The number of fused-ring (bicyclic) bond motifs is 3. The van der Waals surface area contributed by atoms with Crippen molar-refractivity contribution >= 4 is 28.8 Å². The van der Waals surface area contributed by atoms with Gasteiger partial charge in [-0.1, -0.05) is 199 Å². The van der Waals surface area contributed by atoms with Crippen LogP contribution in [0.2, 0.25) is 0 Å². The fraction of sp³-hybridized carbons (Fsp3) is 0.0377. The van der Waals surface area contributed by atoms with Crippen molar-refractivity contribution in [1.29, 1.82) is 0 Å². The van der Waals surface area contributed by atoms with E-state index in [0.717, 1.165) is 38.9 Å². The van der Waals surface area contributed by atoms with Gasteiger partial charge in [-0.25, -0.2) is 15.0 Å². The van der Waals surface area contributed by atoms with E-state index in [1.165, 1.54) is 43.0 Å². The van der Waals surface area contributed by atoms with Crippen LogP contribution >= 0.6 is 0 Å². The van der Waals surface area contributed by atoms with Gasteiger partial charge in [-0.15, -0.1) is 0 Å². The van der Waals surface area contributed by atoms with E-state index in [4.69, 9.17) is 15.0 Å². The minimum absolute atomic E-state index is 0.641. The molecular formula is C53H39N3Si. The highest BCUT2D eigenvalue weighted by Crippen LogP contribution is 2.39. The van der Waals surface area contributed by atoms with Crippen molar-refractivity contribution in [1.82, 2.24) is 15.0 Å². The summed E-state index contributed by atoms with van der Waals surface area (Å²) in [6.45, 7) is 4.33. The SMILES string of the molecule is Cc1ccc([Si]2(c3ccc(C)cc3)c3ccccc3-c3c(-c4nc(-c5ccccc5)nc(-c5ccc(-c6ccccc6)cc5-c5ccccc5)n4)cccc32)cc1. The van der Waals surface area contributed by atoms with Crippen LogP contribution in [0.3, 0.4) is 0 Å². The molecular weight excluding hydrogens is 707 g/mol. The molecule has 0 atom stereocenters. The number of aromatic nitrogens is 3. The van der Waals surface area contributed by atoms with E-state index < -0.39 is 8.07 Å². The molecule has 0 aliphatic carbocycles. The molecule has 8 aromatic carbocycles. The highest BCUT2D eigenvalue weighted by Gasteiger charge is 2.49. The number of benzene rings is 8. The van der Waals surface area contributed by atoms with Crippen LogP contribution in [0.4, 0.5) is 0 Å². The van der Waals surface area contributed by atoms with Crippen LogP contribution in [-0.4, -0.2) is 23.0 Å². The molecule has 4 heteroatoms. The molecule has 10 rings (SSSR count). The summed E-state index contributed by atoms with van der Waals surface area (Å²) in [5.74, 6) is 1.95. The second-order valence-corrected chi connectivity index (χ2v) is 18.7. The molecule has 0 saturated heterocycles. The predicted octanol–water partition coefficient (Wildman–Crippen LogP) is 10.2. The van der Waals surface area contributed by atoms with Crippen molar-refractivity contribution in [2.75, 3.05) is 0 Å².